The number of hydrogen-bond donors (Lipinski definition) is 0. The van der Waals surface area contributed by atoms with Crippen molar-refractivity contribution in [3.05, 3.63) is 89.5 Å². The number of aryl methyl sites for hydroxylation is 1. The first-order valence-electron chi connectivity index (χ1n) is 9.29. The van der Waals surface area contributed by atoms with Crippen LogP contribution in [0.15, 0.2) is 77.7 Å². The second-order valence-electron chi connectivity index (χ2n) is 6.78. The molecule has 3 aromatic rings. The van der Waals surface area contributed by atoms with Gasteiger partial charge in [-0.1, -0.05) is 17.7 Å². The Morgan fingerprint density at radius 1 is 0.806 bits per heavy atom. The summed E-state index contributed by atoms with van der Waals surface area (Å²) in [7, 11) is -1.21. The van der Waals surface area contributed by atoms with Gasteiger partial charge in [-0.3, -0.25) is 4.79 Å². The molecule has 8 heteroatoms. The largest absolute Gasteiger partial charge is 0.465 e. The summed E-state index contributed by atoms with van der Waals surface area (Å²) in [6.07, 6.45) is 0. The van der Waals surface area contributed by atoms with E-state index in [-0.39, 0.29) is 22.1 Å². The number of benzene rings is 3. The van der Waals surface area contributed by atoms with Crippen molar-refractivity contribution in [3.63, 3.8) is 0 Å². The van der Waals surface area contributed by atoms with Gasteiger partial charge < -0.3 is 13.8 Å². The third kappa shape index (κ3) is 5.10. The summed E-state index contributed by atoms with van der Waals surface area (Å²) < 4.78 is 34.7. The monoisotopic (exact) mass is 439 g/mol. The van der Waals surface area contributed by atoms with Crippen molar-refractivity contribution < 1.29 is 26.9 Å². The maximum atomic E-state index is 12.6. The molecule has 0 aliphatic rings. The lowest BCUT2D eigenvalue weighted by atomic mass is 10.1. The maximum Gasteiger partial charge on any atom is 0.339 e. The zero-order chi connectivity index (χ0) is 22.6. The third-order valence-electron chi connectivity index (χ3n) is 4.60. The van der Waals surface area contributed by atoms with E-state index in [2.05, 4.69) is 4.74 Å². The fourth-order valence-electron chi connectivity index (χ4n) is 2.78. The van der Waals surface area contributed by atoms with Crippen LogP contribution in [-0.2, 0) is 14.9 Å². The van der Waals surface area contributed by atoms with E-state index in [1.165, 1.54) is 48.4 Å². The van der Waals surface area contributed by atoms with E-state index >= 15 is 0 Å². The van der Waals surface area contributed by atoms with Crippen LogP contribution in [0, 0.1) is 6.92 Å². The molecule has 0 radical (unpaired) electrons. The average Bonchev–Trinajstić information content (AvgIpc) is 2.78. The van der Waals surface area contributed by atoms with Crippen LogP contribution in [0.25, 0.3) is 0 Å². The highest BCUT2D eigenvalue weighted by atomic mass is 32.2. The van der Waals surface area contributed by atoms with Gasteiger partial charge in [0.1, 0.15) is 10.6 Å². The molecule has 0 aliphatic heterocycles. The normalized spacial score (nSPS) is 10.9. The summed E-state index contributed by atoms with van der Waals surface area (Å²) in [6, 6.07) is 18.6. The highest BCUT2D eigenvalue weighted by Gasteiger charge is 2.19. The third-order valence-corrected chi connectivity index (χ3v) is 5.86. The summed E-state index contributed by atoms with van der Waals surface area (Å²) in [6.45, 7) is 1.94. The Morgan fingerprint density at radius 2 is 1.35 bits per heavy atom. The molecular weight excluding hydrogens is 418 g/mol. The van der Waals surface area contributed by atoms with Gasteiger partial charge in [0.15, 0.2) is 0 Å². The van der Waals surface area contributed by atoms with Crippen molar-refractivity contribution in [2.75, 3.05) is 19.1 Å². The van der Waals surface area contributed by atoms with Crippen molar-refractivity contribution in [3.8, 4) is 5.75 Å². The number of carbonyl (C=O) groups excluding carboxylic acids is 2. The summed E-state index contributed by atoms with van der Waals surface area (Å²) in [5.74, 6) is -0.659. The molecule has 0 atom stereocenters. The average molecular weight is 439 g/mol. The lowest BCUT2D eigenvalue weighted by Crippen LogP contribution is -2.26. The fourth-order valence-corrected chi connectivity index (χ4v) is 3.71. The number of anilines is 1. The SMILES string of the molecule is COC(=O)c1ccc(S(=O)(=O)Oc2ccc(N(C)C(=O)c3ccc(C)cc3)cc2)cc1. The van der Waals surface area contributed by atoms with Gasteiger partial charge in [0, 0.05) is 18.3 Å². The zero-order valence-corrected chi connectivity index (χ0v) is 18.0. The van der Waals surface area contributed by atoms with Gasteiger partial charge in [0.2, 0.25) is 0 Å². The Bertz CT molecular complexity index is 1180. The second-order valence-corrected chi connectivity index (χ2v) is 8.32. The molecule has 160 valence electrons. The van der Waals surface area contributed by atoms with E-state index in [0.29, 0.717) is 11.3 Å². The summed E-state index contributed by atoms with van der Waals surface area (Å²) >= 11 is 0. The molecule has 0 saturated heterocycles. The molecule has 3 aromatic carbocycles. The van der Waals surface area contributed by atoms with Crippen molar-refractivity contribution in [2.45, 2.75) is 11.8 Å². The molecule has 7 nitrogen and oxygen atoms in total. The summed E-state index contributed by atoms with van der Waals surface area (Å²) in [5.41, 5.74) is 2.41. The topological polar surface area (TPSA) is 90.0 Å². The number of carbonyl (C=O) groups is 2. The minimum absolute atomic E-state index is 0.0944. The van der Waals surface area contributed by atoms with Crippen molar-refractivity contribution in [1.82, 2.24) is 0 Å². The van der Waals surface area contributed by atoms with Crippen LogP contribution in [0.5, 0.6) is 5.75 Å². The number of hydrogen-bond acceptors (Lipinski definition) is 6. The van der Waals surface area contributed by atoms with E-state index in [4.69, 9.17) is 4.18 Å². The van der Waals surface area contributed by atoms with Gasteiger partial charge in [0.25, 0.3) is 5.91 Å². The number of amides is 1. The molecule has 0 N–H and O–H groups in total. The first-order valence-corrected chi connectivity index (χ1v) is 10.7. The van der Waals surface area contributed by atoms with Crippen molar-refractivity contribution in [1.29, 1.82) is 0 Å². The Labute approximate surface area is 181 Å². The van der Waals surface area contributed by atoms with Crippen LogP contribution < -0.4 is 9.08 Å². The van der Waals surface area contributed by atoms with Gasteiger partial charge in [0.05, 0.1) is 12.7 Å². The molecule has 3 rings (SSSR count). The van der Waals surface area contributed by atoms with E-state index in [1.807, 2.05) is 19.1 Å². The van der Waals surface area contributed by atoms with E-state index in [0.717, 1.165) is 5.56 Å². The van der Waals surface area contributed by atoms with Crippen LogP contribution in [0.1, 0.15) is 26.3 Å². The molecule has 0 spiro atoms. The van der Waals surface area contributed by atoms with Gasteiger partial charge in [-0.15, -0.1) is 0 Å². The number of nitrogens with zero attached hydrogens (tertiary/aromatic N) is 1. The van der Waals surface area contributed by atoms with Gasteiger partial charge in [-0.25, -0.2) is 4.79 Å². The molecule has 1 amide bonds. The smallest absolute Gasteiger partial charge is 0.339 e. The first-order chi connectivity index (χ1) is 14.7. The quantitative estimate of drug-likeness (QED) is 0.428. The minimum atomic E-state index is -4.09. The molecule has 0 bridgehead atoms. The van der Waals surface area contributed by atoms with E-state index in [9.17, 15) is 18.0 Å². The highest BCUT2D eigenvalue weighted by molar-refractivity contribution is 7.87. The molecule has 0 heterocycles. The highest BCUT2D eigenvalue weighted by Crippen LogP contribution is 2.23. The molecule has 0 saturated carbocycles. The number of rotatable bonds is 6. The van der Waals surface area contributed by atoms with Crippen LogP contribution in [0.3, 0.4) is 0 Å². The molecule has 0 fully saturated rings. The van der Waals surface area contributed by atoms with Crippen LogP contribution in [0.4, 0.5) is 5.69 Å². The van der Waals surface area contributed by atoms with Crippen molar-refractivity contribution in [2.24, 2.45) is 0 Å². The number of methoxy groups -OCH3 is 1. The fraction of sp³-hybridized carbons (Fsp3) is 0.130. The first kappa shape index (κ1) is 22.0. The Morgan fingerprint density at radius 3 is 1.90 bits per heavy atom. The number of ether oxygens (including phenoxy) is 1. The van der Waals surface area contributed by atoms with E-state index < -0.39 is 16.1 Å². The standard InChI is InChI=1S/C23H21NO6S/c1-16-4-6-17(7-5-16)22(25)24(2)19-10-12-20(13-11-19)30-31(27,28)21-14-8-18(9-15-21)23(26)29-3/h4-15H,1-3H3. The maximum absolute atomic E-state index is 12.6. The lowest BCUT2D eigenvalue weighted by molar-refractivity contribution is 0.0600. The Balaban J connectivity index is 1.72. The lowest BCUT2D eigenvalue weighted by Gasteiger charge is -2.18. The number of esters is 1. The molecule has 0 aromatic heterocycles. The predicted molar refractivity (Wildman–Crippen MR) is 116 cm³/mol. The van der Waals surface area contributed by atoms with Gasteiger partial charge >= 0.3 is 16.1 Å². The predicted octanol–water partition coefficient (Wildman–Crippen LogP) is 3.83. The molecular formula is C23H21NO6S. The van der Waals surface area contributed by atoms with Gasteiger partial charge in [-0.2, -0.15) is 8.42 Å². The van der Waals surface area contributed by atoms with Crippen LogP contribution in [0.2, 0.25) is 0 Å². The minimum Gasteiger partial charge on any atom is -0.465 e. The molecule has 0 aliphatic carbocycles. The summed E-state index contributed by atoms with van der Waals surface area (Å²) in [5, 5.41) is 0. The zero-order valence-electron chi connectivity index (χ0n) is 17.2. The van der Waals surface area contributed by atoms with Crippen LogP contribution in [-0.4, -0.2) is 34.5 Å². The molecule has 31 heavy (non-hydrogen) atoms. The van der Waals surface area contributed by atoms with Crippen molar-refractivity contribution >= 4 is 27.7 Å². The Kier molecular flexibility index (Phi) is 6.41. The Hall–Kier alpha value is -3.65. The van der Waals surface area contributed by atoms with E-state index in [1.54, 1.807) is 31.3 Å². The van der Waals surface area contributed by atoms with Gasteiger partial charge in [-0.05, 0) is 67.6 Å². The van der Waals surface area contributed by atoms with Crippen LogP contribution >= 0.6 is 0 Å². The molecule has 0 unspecified atom stereocenters. The second kappa shape index (κ2) is 9.01. The summed E-state index contributed by atoms with van der Waals surface area (Å²) in [4.78, 5) is 25.5.